The van der Waals surface area contributed by atoms with E-state index in [0.717, 1.165) is 25.0 Å². The summed E-state index contributed by atoms with van der Waals surface area (Å²) in [5, 5.41) is 2.99. The zero-order valence-electron chi connectivity index (χ0n) is 10.6. The molecule has 5 heteroatoms. The second kappa shape index (κ2) is 5.46. The maximum absolute atomic E-state index is 12.1. The third-order valence-electron chi connectivity index (χ3n) is 3.15. The first-order valence-corrected chi connectivity index (χ1v) is 6.18. The molecule has 1 saturated heterocycles. The lowest BCUT2D eigenvalue weighted by Crippen LogP contribution is -2.51. The van der Waals surface area contributed by atoms with Gasteiger partial charge in [0.2, 0.25) is 0 Å². The Labute approximate surface area is 107 Å². The number of hydrogen-bond acceptors (Lipinski definition) is 4. The van der Waals surface area contributed by atoms with Crippen LogP contribution in [0.15, 0.2) is 18.3 Å². The second-order valence-corrected chi connectivity index (χ2v) is 4.93. The third-order valence-corrected chi connectivity index (χ3v) is 3.15. The van der Waals surface area contributed by atoms with Crippen LogP contribution in [0.4, 0.5) is 0 Å². The Bertz CT molecular complexity index is 411. The summed E-state index contributed by atoms with van der Waals surface area (Å²) in [5.74, 6) is -0.161. The van der Waals surface area contributed by atoms with E-state index in [2.05, 4.69) is 10.3 Å². The number of carbonyl (C=O) groups is 1. The fourth-order valence-corrected chi connectivity index (χ4v) is 2.05. The van der Waals surface area contributed by atoms with Crippen LogP contribution in [-0.4, -0.2) is 29.6 Å². The minimum atomic E-state index is -0.288. The number of nitrogens with one attached hydrogen (secondary N) is 1. The van der Waals surface area contributed by atoms with E-state index in [-0.39, 0.29) is 11.4 Å². The standard InChI is InChI=1S/C13H19N3O2/c1-13(5-2-6-18-9-13)16-12(17)11-4-3-10(7-14)8-15-11/h3-4,8H,2,5-7,9,14H2,1H3,(H,16,17). The van der Waals surface area contributed by atoms with Gasteiger partial charge in [-0.05, 0) is 31.4 Å². The molecule has 0 spiro atoms. The highest BCUT2D eigenvalue weighted by molar-refractivity contribution is 5.92. The van der Waals surface area contributed by atoms with E-state index in [9.17, 15) is 4.79 Å². The Morgan fingerprint density at radius 1 is 1.61 bits per heavy atom. The van der Waals surface area contributed by atoms with E-state index in [1.165, 1.54) is 0 Å². The summed E-state index contributed by atoms with van der Waals surface area (Å²) in [4.78, 5) is 16.2. The Kier molecular flexibility index (Phi) is 3.93. The van der Waals surface area contributed by atoms with Crippen molar-refractivity contribution < 1.29 is 9.53 Å². The zero-order valence-corrected chi connectivity index (χ0v) is 10.6. The van der Waals surface area contributed by atoms with Gasteiger partial charge in [-0.25, -0.2) is 0 Å². The lowest BCUT2D eigenvalue weighted by molar-refractivity contribution is 0.0271. The predicted molar refractivity (Wildman–Crippen MR) is 68.1 cm³/mol. The summed E-state index contributed by atoms with van der Waals surface area (Å²) in [6.45, 7) is 3.76. The van der Waals surface area contributed by atoms with E-state index < -0.39 is 0 Å². The van der Waals surface area contributed by atoms with Gasteiger partial charge in [0, 0.05) is 19.3 Å². The molecule has 0 radical (unpaired) electrons. The van der Waals surface area contributed by atoms with E-state index in [0.29, 0.717) is 18.8 Å². The molecule has 0 aromatic carbocycles. The molecule has 1 aromatic rings. The fourth-order valence-electron chi connectivity index (χ4n) is 2.05. The van der Waals surface area contributed by atoms with Gasteiger partial charge in [-0.2, -0.15) is 0 Å². The lowest BCUT2D eigenvalue weighted by atomic mass is 9.94. The number of rotatable bonds is 3. The minimum absolute atomic E-state index is 0.161. The van der Waals surface area contributed by atoms with Crippen molar-refractivity contribution in [2.75, 3.05) is 13.2 Å². The average molecular weight is 249 g/mol. The number of pyridine rings is 1. The zero-order chi connectivity index (χ0) is 13.0. The number of amides is 1. The highest BCUT2D eigenvalue weighted by Crippen LogP contribution is 2.18. The molecule has 2 heterocycles. The smallest absolute Gasteiger partial charge is 0.270 e. The highest BCUT2D eigenvalue weighted by Gasteiger charge is 2.29. The Balaban J connectivity index is 2.02. The molecular weight excluding hydrogens is 230 g/mol. The monoisotopic (exact) mass is 249 g/mol. The van der Waals surface area contributed by atoms with E-state index in [4.69, 9.17) is 10.5 Å². The number of nitrogens with zero attached hydrogens (tertiary/aromatic N) is 1. The topological polar surface area (TPSA) is 77.2 Å². The predicted octanol–water partition coefficient (Wildman–Crippen LogP) is 0.839. The Morgan fingerprint density at radius 3 is 3.00 bits per heavy atom. The molecule has 1 fully saturated rings. The molecular formula is C13H19N3O2. The van der Waals surface area contributed by atoms with E-state index in [1.54, 1.807) is 12.3 Å². The van der Waals surface area contributed by atoms with Crippen LogP contribution in [-0.2, 0) is 11.3 Å². The minimum Gasteiger partial charge on any atom is -0.379 e. The molecule has 1 aliphatic heterocycles. The van der Waals surface area contributed by atoms with Crippen LogP contribution in [0.5, 0.6) is 0 Å². The SMILES string of the molecule is CC1(NC(=O)c2ccc(CN)cn2)CCCOC1. The summed E-state index contributed by atoms with van der Waals surface area (Å²) in [6, 6.07) is 3.52. The number of ether oxygens (including phenoxy) is 1. The molecule has 3 N–H and O–H groups in total. The Hall–Kier alpha value is -1.46. The molecule has 0 aliphatic carbocycles. The van der Waals surface area contributed by atoms with Crippen molar-refractivity contribution in [3.05, 3.63) is 29.6 Å². The van der Waals surface area contributed by atoms with Gasteiger partial charge in [0.1, 0.15) is 5.69 Å². The van der Waals surface area contributed by atoms with Crippen molar-refractivity contribution in [3.63, 3.8) is 0 Å². The van der Waals surface area contributed by atoms with Crippen molar-refractivity contribution in [1.82, 2.24) is 10.3 Å². The van der Waals surface area contributed by atoms with Gasteiger partial charge in [0.15, 0.2) is 0 Å². The second-order valence-electron chi connectivity index (χ2n) is 4.93. The first-order valence-electron chi connectivity index (χ1n) is 6.18. The van der Waals surface area contributed by atoms with Crippen LogP contribution in [0.2, 0.25) is 0 Å². The molecule has 1 atom stereocenters. The highest BCUT2D eigenvalue weighted by atomic mass is 16.5. The van der Waals surface area contributed by atoms with Crippen molar-refractivity contribution in [1.29, 1.82) is 0 Å². The van der Waals surface area contributed by atoms with Gasteiger partial charge >= 0.3 is 0 Å². The van der Waals surface area contributed by atoms with Crippen LogP contribution in [0.1, 0.15) is 35.8 Å². The van der Waals surface area contributed by atoms with Gasteiger partial charge in [-0.3, -0.25) is 9.78 Å². The Morgan fingerprint density at radius 2 is 2.44 bits per heavy atom. The summed E-state index contributed by atoms with van der Waals surface area (Å²) >= 11 is 0. The molecule has 1 amide bonds. The first kappa shape index (κ1) is 13.0. The number of carbonyl (C=O) groups excluding carboxylic acids is 1. The fraction of sp³-hybridized carbons (Fsp3) is 0.538. The largest absolute Gasteiger partial charge is 0.379 e. The van der Waals surface area contributed by atoms with Gasteiger partial charge in [0.25, 0.3) is 5.91 Å². The van der Waals surface area contributed by atoms with Gasteiger partial charge in [-0.1, -0.05) is 6.07 Å². The molecule has 18 heavy (non-hydrogen) atoms. The van der Waals surface area contributed by atoms with E-state index in [1.807, 2.05) is 13.0 Å². The molecule has 98 valence electrons. The normalized spacial score (nSPS) is 23.7. The molecule has 1 aromatic heterocycles. The van der Waals surface area contributed by atoms with E-state index >= 15 is 0 Å². The van der Waals surface area contributed by atoms with Gasteiger partial charge < -0.3 is 15.8 Å². The molecule has 1 unspecified atom stereocenters. The van der Waals surface area contributed by atoms with Crippen LogP contribution < -0.4 is 11.1 Å². The van der Waals surface area contributed by atoms with Gasteiger partial charge in [0.05, 0.1) is 12.1 Å². The van der Waals surface area contributed by atoms with Crippen LogP contribution in [0.25, 0.3) is 0 Å². The van der Waals surface area contributed by atoms with Crippen LogP contribution in [0.3, 0.4) is 0 Å². The first-order chi connectivity index (χ1) is 8.63. The summed E-state index contributed by atoms with van der Waals surface area (Å²) in [6.07, 6.45) is 3.53. The molecule has 0 bridgehead atoms. The third kappa shape index (κ3) is 3.05. The molecule has 5 nitrogen and oxygen atoms in total. The summed E-state index contributed by atoms with van der Waals surface area (Å²) in [7, 11) is 0. The molecule has 0 saturated carbocycles. The van der Waals surface area contributed by atoms with Crippen LogP contribution in [0, 0.1) is 0 Å². The van der Waals surface area contributed by atoms with Crippen molar-refractivity contribution in [2.24, 2.45) is 5.73 Å². The van der Waals surface area contributed by atoms with Gasteiger partial charge in [-0.15, -0.1) is 0 Å². The van der Waals surface area contributed by atoms with Crippen LogP contribution >= 0.6 is 0 Å². The summed E-state index contributed by atoms with van der Waals surface area (Å²) in [5.41, 5.74) is 6.53. The quantitative estimate of drug-likeness (QED) is 0.832. The van der Waals surface area contributed by atoms with Crippen molar-refractivity contribution >= 4 is 5.91 Å². The number of nitrogens with two attached hydrogens (primary N) is 1. The van der Waals surface area contributed by atoms with Crippen molar-refractivity contribution in [3.8, 4) is 0 Å². The average Bonchev–Trinajstić information content (AvgIpc) is 2.39. The summed E-state index contributed by atoms with van der Waals surface area (Å²) < 4.78 is 5.41. The number of hydrogen-bond donors (Lipinski definition) is 2. The molecule has 2 rings (SSSR count). The number of aromatic nitrogens is 1. The lowest BCUT2D eigenvalue weighted by Gasteiger charge is -2.34. The maximum Gasteiger partial charge on any atom is 0.270 e. The van der Waals surface area contributed by atoms with Crippen molar-refractivity contribution in [2.45, 2.75) is 31.8 Å². The maximum atomic E-state index is 12.1. The molecule has 1 aliphatic rings.